The van der Waals surface area contributed by atoms with Gasteiger partial charge in [0.25, 0.3) is 0 Å². The molecule has 1 saturated heterocycles. The summed E-state index contributed by atoms with van der Waals surface area (Å²) < 4.78 is 41.4. The molecule has 1 aliphatic heterocycles. The summed E-state index contributed by atoms with van der Waals surface area (Å²) >= 11 is 0. The van der Waals surface area contributed by atoms with Gasteiger partial charge < -0.3 is 14.6 Å². The zero-order chi connectivity index (χ0) is 22.6. The lowest BCUT2D eigenvalue weighted by molar-refractivity contribution is -0.274. The van der Waals surface area contributed by atoms with Gasteiger partial charge in [0, 0.05) is 12.6 Å². The summed E-state index contributed by atoms with van der Waals surface area (Å²) in [4.78, 5) is 33.2. The fraction of sp³-hybridized carbons (Fsp3) is 0.550. The van der Waals surface area contributed by atoms with Gasteiger partial charge in [-0.1, -0.05) is 19.8 Å². The summed E-state index contributed by atoms with van der Waals surface area (Å²) in [7, 11) is 0. The molecule has 8 nitrogen and oxygen atoms in total. The number of H-pyrrole nitrogens is 1. The first kappa shape index (κ1) is 22.9. The van der Waals surface area contributed by atoms with Crippen LogP contribution in [0.25, 0.3) is 11.0 Å². The number of aromatic amines is 1. The quantitative estimate of drug-likeness (QED) is 0.350. The van der Waals surface area contributed by atoms with Crippen LogP contribution in [0.2, 0.25) is 0 Å². The standard InChI is InChI=1S/C20H25F3N4O4/c1-2-3-5-13(11-26(30)12-28)19(29)27-9-4-6-17(27)18-24-15-8-7-14(10-16(15)25-18)31-20(21,22)23/h7-8,10,12-13,17,30H,2-6,9,11H2,1H3,(H,24,25). The van der Waals surface area contributed by atoms with Gasteiger partial charge in [-0.15, -0.1) is 13.2 Å². The minimum atomic E-state index is -4.79. The third kappa shape index (κ3) is 5.66. The van der Waals surface area contributed by atoms with Crippen LogP contribution in [0.4, 0.5) is 13.2 Å². The Hall–Kier alpha value is -2.82. The molecule has 170 valence electrons. The van der Waals surface area contributed by atoms with E-state index in [-0.39, 0.29) is 30.7 Å². The summed E-state index contributed by atoms with van der Waals surface area (Å²) in [5.41, 5.74) is 0.843. The molecule has 0 radical (unpaired) electrons. The topological polar surface area (TPSA) is 98.8 Å². The average molecular weight is 442 g/mol. The second-order valence-electron chi connectivity index (χ2n) is 7.61. The first-order valence-corrected chi connectivity index (χ1v) is 10.2. The van der Waals surface area contributed by atoms with E-state index in [1.54, 1.807) is 4.90 Å². The number of carbonyl (C=O) groups is 2. The van der Waals surface area contributed by atoms with Crippen LogP contribution in [0.5, 0.6) is 5.75 Å². The molecule has 0 saturated carbocycles. The number of alkyl halides is 3. The number of benzene rings is 1. The number of hydrogen-bond donors (Lipinski definition) is 2. The number of rotatable bonds is 9. The molecule has 2 aromatic rings. The Bertz CT molecular complexity index is 917. The highest BCUT2D eigenvalue weighted by Crippen LogP contribution is 2.34. The van der Waals surface area contributed by atoms with Gasteiger partial charge in [0.05, 0.1) is 29.5 Å². The van der Waals surface area contributed by atoms with Gasteiger partial charge in [-0.05, 0) is 31.4 Å². The van der Waals surface area contributed by atoms with E-state index in [1.807, 2.05) is 6.92 Å². The number of aromatic nitrogens is 2. The Morgan fingerprint density at radius 3 is 2.94 bits per heavy atom. The zero-order valence-electron chi connectivity index (χ0n) is 17.1. The van der Waals surface area contributed by atoms with Gasteiger partial charge in [-0.2, -0.15) is 0 Å². The predicted molar refractivity (Wildman–Crippen MR) is 104 cm³/mol. The molecule has 1 fully saturated rings. The van der Waals surface area contributed by atoms with Crippen LogP contribution in [0.3, 0.4) is 0 Å². The number of ether oxygens (including phenoxy) is 1. The summed E-state index contributed by atoms with van der Waals surface area (Å²) in [6.45, 7) is 2.39. The molecule has 11 heteroatoms. The number of carbonyl (C=O) groups excluding carboxylic acids is 2. The van der Waals surface area contributed by atoms with E-state index < -0.39 is 12.3 Å². The van der Waals surface area contributed by atoms with Crippen LogP contribution in [0.15, 0.2) is 18.2 Å². The molecule has 31 heavy (non-hydrogen) atoms. The maximum absolute atomic E-state index is 13.2. The van der Waals surface area contributed by atoms with Gasteiger partial charge in [-0.25, -0.2) is 10.0 Å². The van der Waals surface area contributed by atoms with Crippen LogP contribution >= 0.6 is 0 Å². The molecule has 0 bridgehead atoms. The molecule has 2 amide bonds. The van der Waals surface area contributed by atoms with Crippen molar-refractivity contribution in [3.05, 3.63) is 24.0 Å². The van der Waals surface area contributed by atoms with Crippen molar-refractivity contribution in [2.45, 2.75) is 51.4 Å². The Balaban J connectivity index is 1.81. The zero-order valence-corrected chi connectivity index (χ0v) is 17.1. The molecule has 2 heterocycles. The number of fused-ring (bicyclic) bond motifs is 1. The fourth-order valence-corrected chi connectivity index (χ4v) is 3.92. The number of likely N-dealkylation sites (tertiary alicyclic amines) is 1. The first-order chi connectivity index (χ1) is 14.7. The lowest BCUT2D eigenvalue weighted by Gasteiger charge is -2.29. The van der Waals surface area contributed by atoms with E-state index in [1.165, 1.54) is 18.2 Å². The normalized spacial score (nSPS) is 17.7. The molecule has 1 aliphatic rings. The number of unbranched alkanes of at least 4 members (excludes halogenated alkanes) is 1. The van der Waals surface area contributed by atoms with E-state index in [0.717, 1.165) is 19.3 Å². The summed E-state index contributed by atoms with van der Waals surface area (Å²) in [5, 5.41) is 10.1. The Kier molecular flexibility index (Phi) is 7.04. The van der Waals surface area contributed by atoms with Gasteiger partial charge in [0.15, 0.2) is 0 Å². The number of halogens is 3. The lowest BCUT2D eigenvalue weighted by Crippen LogP contribution is -2.40. The summed E-state index contributed by atoms with van der Waals surface area (Å²) in [6.07, 6.45) is -0.965. The molecule has 0 aliphatic carbocycles. The highest BCUT2D eigenvalue weighted by molar-refractivity contribution is 5.81. The van der Waals surface area contributed by atoms with Crippen molar-refractivity contribution in [1.82, 2.24) is 19.9 Å². The number of nitrogens with zero attached hydrogens (tertiary/aromatic N) is 3. The van der Waals surface area contributed by atoms with Gasteiger partial charge >= 0.3 is 6.36 Å². The molecular formula is C20H25F3N4O4. The van der Waals surface area contributed by atoms with E-state index in [0.29, 0.717) is 41.3 Å². The number of hydroxylamine groups is 2. The molecule has 1 aromatic heterocycles. The number of amides is 2. The van der Waals surface area contributed by atoms with Gasteiger partial charge in [0.1, 0.15) is 11.6 Å². The van der Waals surface area contributed by atoms with Crippen LogP contribution in [0.1, 0.15) is 50.9 Å². The third-order valence-corrected chi connectivity index (χ3v) is 5.34. The van der Waals surface area contributed by atoms with Gasteiger partial charge in [0.2, 0.25) is 12.3 Å². The number of nitrogens with one attached hydrogen (secondary N) is 1. The van der Waals surface area contributed by atoms with E-state index in [2.05, 4.69) is 14.7 Å². The second-order valence-corrected chi connectivity index (χ2v) is 7.61. The Morgan fingerprint density at radius 1 is 1.48 bits per heavy atom. The minimum absolute atomic E-state index is 0.0934. The van der Waals surface area contributed by atoms with Gasteiger partial charge in [-0.3, -0.25) is 14.8 Å². The highest BCUT2D eigenvalue weighted by Gasteiger charge is 2.36. The number of imidazole rings is 1. The highest BCUT2D eigenvalue weighted by atomic mass is 19.4. The average Bonchev–Trinajstić information content (AvgIpc) is 3.35. The second kappa shape index (κ2) is 9.54. The predicted octanol–water partition coefficient (Wildman–Crippen LogP) is 3.78. The molecular weight excluding hydrogens is 417 g/mol. The van der Waals surface area contributed by atoms with Crippen LogP contribution in [-0.2, 0) is 9.59 Å². The van der Waals surface area contributed by atoms with Crippen molar-refractivity contribution in [3.63, 3.8) is 0 Å². The largest absolute Gasteiger partial charge is 0.573 e. The molecule has 2 atom stereocenters. The van der Waals surface area contributed by atoms with Crippen molar-refractivity contribution in [2.75, 3.05) is 13.1 Å². The van der Waals surface area contributed by atoms with Crippen LogP contribution in [-0.4, -0.2) is 56.9 Å². The minimum Gasteiger partial charge on any atom is -0.406 e. The smallest absolute Gasteiger partial charge is 0.406 e. The van der Waals surface area contributed by atoms with Crippen LogP contribution < -0.4 is 4.74 Å². The molecule has 3 rings (SSSR count). The molecule has 0 spiro atoms. The molecule has 2 unspecified atom stereocenters. The first-order valence-electron chi connectivity index (χ1n) is 10.2. The maximum Gasteiger partial charge on any atom is 0.573 e. The van der Waals surface area contributed by atoms with Crippen molar-refractivity contribution >= 4 is 23.4 Å². The van der Waals surface area contributed by atoms with Crippen molar-refractivity contribution in [2.24, 2.45) is 5.92 Å². The third-order valence-electron chi connectivity index (χ3n) is 5.34. The van der Waals surface area contributed by atoms with E-state index in [9.17, 15) is 28.0 Å². The Labute approximate surface area is 176 Å². The van der Waals surface area contributed by atoms with E-state index >= 15 is 0 Å². The summed E-state index contributed by atoms with van der Waals surface area (Å²) in [5.74, 6) is -0.616. The molecule has 1 aromatic carbocycles. The monoisotopic (exact) mass is 442 g/mol. The van der Waals surface area contributed by atoms with Crippen LogP contribution in [0, 0.1) is 5.92 Å². The maximum atomic E-state index is 13.2. The summed E-state index contributed by atoms with van der Waals surface area (Å²) in [6, 6.07) is 3.48. The number of hydrogen-bond acceptors (Lipinski definition) is 5. The van der Waals surface area contributed by atoms with Crippen molar-refractivity contribution < 1.29 is 32.7 Å². The lowest BCUT2D eigenvalue weighted by atomic mass is 9.99. The fourth-order valence-electron chi connectivity index (χ4n) is 3.92. The van der Waals surface area contributed by atoms with Crippen molar-refractivity contribution in [3.8, 4) is 5.75 Å². The SMILES string of the molecule is CCCCC(CN(O)C=O)C(=O)N1CCCC1c1nc2cc(OC(F)(F)F)ccc2[nH]1. The molecule has 2 N–H and O–H groups in total. The van der Waals surface area contributed by atoms with Crippen molar-refractivity contribution in [1.29, 1.82) is 0 Å². The Morgan fingerprint density at radius 2 is 2.26 bits per heavy atom. The van der Waals surface area contributed by atoms with E-state index in [4.69, 9.17) is 0 Å².